The molecule has 2 aliphatic rings. The Morgan fingerprint density at radius 1 is 0.946 bits per heavy atom. The summed E-state index contributed by atoms with van der Waals surface area (Å²) >= 11 is 0. The van der Waals surface area contributed by atoms with Crippen LogP contribution in [0.1, 0.15) is 53.2 Å². The summed E-state index contributed by atoms with van der Waals surface area (Å²) in [5.41, 5.74) is 12.1. The lowest BCUT2D eigenvalue weighted by Crippen LogP contribution is -2.23. The summed E-state index contributed by atoms with van der Waals surface area (Å²) in [5.74, 6) is 0.164. The highest BCUT2D eigenvalue weighted by Gasteiger charge is 2.29. The number of benzene rings is 3. The molecule has 2 heterocycles. The summed E-state index contributed by atoms with van der Waals surface area (Å²) in [7, 11) is 1.47. The van der Waals surface area contributed by atoms with E-state index in [1.807, 2.05) is 60.7 Å². The first-order chi connectivity index (χ1) is 18.0. The van der Waals surface area contributed by atoms with Gasteiger partial charge in [0.15, 0.2) is 0 Å². The lowest BCUT2D eigenvalue weighted by molar-refractivity contribution is -0.146. The normalized spacial score (nSPS) is 18.1. The zero-order valence-corrected chi connectivity index (χ0v) is 20.8. The van der Waals surface area contributed by atoms with Gasteiger partial charge in [0.1, 0.15) is 0 Å². The van der Waals surface area contributed by atoms with Gasteiger partial charge in [-0.3, -0.25) is 14.6 Å². The van der Waals surface area contributed by atoms with Crippen molar-refractivity contribution in [3.8, 4) is 11.1 Å². The van der Waals surface area contributed by atoms with Gasteiger partial charge in [-0.05, 0) is 60.7 Å². The summed E-state index contributed by atoms with van der Waals surface area (Å²) < 4.78 is 4.88. The van der Waals surface area contributed by atoms with E-state index in [1.165, 1.54) is 7.11 Å². The van der Waals surface area contributed by atoms with Crippen molar-refractivity contribution in [2.24, 2.45) is 10.9 Å². The number of nitrogen functional groups attached to an aromatic ring is 1. The number of amides is 1. The summed E-state index contributed by atoms with van der Waals surface area (Å²) in [6, 6.07) is 25.7. The molecule has 0 saturated heterocycles. The first-order valence-electron chi connectivity index (χ1n) is 12.5. The lowest BCUT2D eigenvalue weighted by atomic mass is 9.79. The van der Waals surface area contributed by atoms with E-state index >= 15 is 0 Å². The van der Waals surface area contributed by atoms with E-state index in [4.69, 9.17) is 15.5 Å². The molecule has 1 aliphatic carbocycles. The van der Waals surface area contributed by atoms with E-state index in [-0.39, 0.29) is 17.8 Å². The second-order valence-electron chi connectivity index (χ2n) is 9.50. The van der Waals surface area contributed by atoms with Crippen LogP contribution >= 0.6 is 0 Å². The van der Waals surface area contributed by atoms with Crippen molar-refractivity contribution >= 4 is 34.7 Å². The zero-order chi connectivity index (χ0) is 25.8. The molecule has 1 saturated carbocycles. The van der Waals surface area contributed by atoms with Crippen molar-refractivity contribution in [1.82, 2.24) is 4.98 Å². The van der Waals surface area contributed by atoms with Crippen molar-refractivity contribution in [2.75, 3.05) is 12.8 Å². The summed E-state index contributed by atoms with van der Waals surface area (Å²) in [6.07, 6.45) is 5.58. The molecule has 1 amide bonds. The molecule has 37 heavy (non-hydrogen) atoms. The maximum Gasteiger partial charge on any atom is 0.308 e. The van der Waals surface area contributed by atoms with Crippen LogP contribution in [0, 0.1) is 5.92 Å². The number of methoxy groups -OCH3 is 1. The molecular weight excluding hydrogens is 462 g/mol. The Balaban J connectivity index is 0.000000153. The number of esters is 1. The maximum atomic E-state index is 11.7. The van der Waals surface area contributed by atoms with Crippen LogP contribution in [-0.4, -0.2) is 30.2 Å². The SMILES string of the molecule is COC(=O)C1CCCC(c2ccc3ccccc3n2)C1.Nc1ccc(-c2ccc3c(c2)C(=O)N=C3)cc1. The van der Waals surface area contributed by atoms with E-state index in [0.29, 0.717) is 11.5 Å². The number of nitrogens with zero attached hydrogens (tertiary/aromatic N) is 2. The molecule has 4 aromatic rings. The van der Waals surface area contributed by atoms with Gasteiger partial charge in [0.2, 0.25) is 0 Å². The molecule has 0 radical (unpaired) electrons. The summed E-state index contributed by atoms with van der Waals surface area (Å²) in [6.45, 7) is 0. The number of aliphatic imine (C=N–C) groups is 1. The number of pyridine rings is 1. The van der Waals surface area contributed by atoms with Crippen LogP contribution in [0.25, 0.3) is 22.0 Å². The highest BCUT2D eigenvalue weighted by atomic mass is 16.5. The van der Waals surface area contributed by atoms with Gasteiger partial charge in [0, 0.05) is 34.5 Å². The molecule has 0 bridgehead atoms. The molecule has 6 heteroatoms. The van der Waals surface area contributed by atoms with E-state index in [1.54, 1.807) is 6.21 Å². The Bertz CT molecular complexity index is 1480. The van der Waals surface area contributed by atoms with E-state index in [0.717, 1.165) is 64.7 Å². The van der Waals surface area contributed by atoms with Crippen molar-refractivity contribution in [1.29, 1.82) is 0 Å². The molecule has 2 atom stereocenters. The molecule has 6 nitrogen and oxygen atoms in total. The first-order valence-corrected chi connectivity index (χ1v) is 12.5. The van der Waals surface area contributed by atoms with Gasteiger partial charge < -0.3 is 10.5 Å². The predicted octanol–water partition coefficient (Wildman–Crippen LogP) is 6.19. The highest BCUT2D eigenvalue weighted by molar-refractivity contribution is 6.13. The average molecular weight is 492 g/mol. The Kier molecular flexibility index (Phi) is 7.08. The molecule has 3 aromatic carbocycles. The average Bonchev–Trinajstić information content (AvgIpc) is 3.33. The van der Waals surface area contributed by atoms with Crippen molar-refractivity contribution in [3.05, 3.63) is 95.7 Å². The molecule has 2 unspecified atom stereocenters. The number of carbonyl (C=O) groups is 2. The quantitative estimate of drug-likeness (QED) is 0.272. The summed E-state index contributed by atoms with van der Waals surface area (Å²) in [5, 5.41) is 1.16. The van der Waals surface area contributed by atoms with E-state index < -0.39 is 0 Å². The number of aromatic nitrogens is 1. The van der Waals surface area contributed by atoms with Crippen LogP contribution in [-0.2, 0) is 9.53 Å². The molecule has 2 N–H and O–H groups in total. The van der Waals surface area contributed by atoms with Crippen molar-refractivity contribution < 1.29 is 14.3 Å². The maximum absolute atomic E-state index is 11.7. The second-order valence-corrected chi connectivity index (χ2v) is 9.50. The number of anilines is 1. The Labute approximate surface area is 216 Å². The second kappa shape index (κ2) is 10.7. The predicted molar refractivity (Wildman–Crippen MR) is 147 cm³/mol. The van der Waals surface area contributed by atoms with Crippen molar-refractivity contribution in [3.63, 3.8) is 0 Å². The van der Waals surface area contributed by atoms with Crippen LogP contribution in [0.5, 0.6) is 0 Å². The molecule has 1 aromatic heterocycles. The van der Waals surface area contributed by atoms with Crippen molar-refractivity contribution in [2.45, 2.75) is 31.6 Å². The van der Waals surface area contributed by atoms with E-state index in [9.17, 15) is 9.59 Å². The number of carbonyl (C=O) groups excluding carboxylic acids is 2. The number of nitrogens with two attached hydrogens (primary N) is 1. The minimum Gasteiger partial charge on any atom is -0.469 e. The smallest absolute Gasteiger partial charge is 0.308 e. The zero-order valence-electron chi connectivity index (χ0n) is 20.8. The number of para-hydroxylation sites is 1. The number of hydrogen-bond acceptors (Lipinski definition) is 5. The largest absolute Gasteiger partial charge is 0.469 e. The molecule has 1 aliphatic heterocycles. The lowest BCUT2D eigenvalue weighted by Gasteiger charge is -2.27. The van der Waals surface area contributed by atoms with Crippen LogP contribution in [0.3, 0.4) is 0 Å². The minimum atomic E-state index is -0.169. The van der Waals surface area contributed by atoms with Gasteiger partial charge in [-0.2, -0.15) is 0 Å². The first kappa shape index (κ1) is 24.4. The molecule has 6 rings (SSSR count). The number of fused-ring (bicyclic) bond motifs is 2. The molecular formula is C31H29N3O3. The Hall–Kier alpha value is -4.32. The standard InChI is InChI=1S/C17H19NO2.C14H10N2O/c1-20-17(19)14-7-4-6-13(11-14)16-10-9-12-5-2-3-8-15(12)18-16;15-12-5-3-9(4-6-12)10-1-2-11-8-16-14(17)13(11)7-10/h2-3,5,8-10,13-14H,4,6-7,11H2,1H3;1-8H,15H2. The third-order valence-corrected chi connectivity index (χ3v) is 7.10. The fourth-order valence-corrected chi connectivity index (χ4v) is 5.06. The molecule has 186 valence electrons. The third-order valence-electron chi connectivity index (χ3n) is 7.10. The van der Waals surface area contributed by atoms with Gasteiger partial charge in [-0.1, -0.05) is 55.0 Å². The van der Waals surface area contributed by atoms with Gasteiger partial charge in [0.05, 0.1) is 24.1 Å². The highest BCUT2D eigenvalue weighted by Crippen LogP contribution is 2.36. The van der Waals surface area contributed by atoms with Gasteiger partial charge in [-0.25, -0.2) is 4.99 Å². The van der Waals surface area contributed by atoms with Crippen LogP contribution in [0.2, 0.25) is 0 Å². The summed E-state index contributed by atoms with van der Waals surface area (Å²) in [4.78, 5) is 31.7. The van der Waals surface area contributed by atoms with E-state index in [2.05, 4.69) is 23.2 Å². The van der Waals surface area contributed by atoms with Crippen LogP contribution in [0.4, 0.5) is 5.69 Å². The van der Waals surface area contributed by atoms with Crippen LogP contribution in [0.15, 0.2) is 83.9 Å². The Morgan fingerprint density at radius 2 is 1.73 bits per heavy atom. The number of rotatable bonds is 3. The van der Waals surface area contributed by atoms with Gasteiger partial charge in [-0.15, -0.1) is 0 Å². The molecule has 1 fully saturated rings. The monoisotopic (exact) mass is 491 g/mol. The molecule has 0 spiro atoms. The fraction of sp³-hybridized carbons (Fsp3) is 0.226. The Morgan fingerprint density at radius 3 is 2.54 bits per heavy atom. The third kappa shape index (κ3) is 5.43. The topological polar surface area (TPSA) is 94.6 Å². The fourth-order valence-electron chi connectivity index (χ4n) is 5.06. The van der Waals surface area contributed by atoms with Crippen LogP contribution < -0.4 is 5.73 Å². The number of hydrogen-bond donors (Lipinski definition) is 1. The minimum absolute atomic E-state index is 0.0343. The van der Waals surface area contributed by atoms with Gasteiger partial charge in [0.25, 0.3) is 5.91 Å². The van der Waals surface area contributed by atoms with Gasteiger partial charge >= 0.3 is 5.97 Å². The number of ether oxygens (including phenoxy) is 1.